The van der Waals surface area contributed by atoms with Crippen LogP contribution in [-0.2, 0) is 12.8 Å². The first-order valence-corrected chi connectivity index (χ1v) is 7.32. The van der Waals surface area contributed by atoms with Crippen molar-refractivity contribution in [2.45, 2.75) is 26.2 Å². The fourth-order valence-electron chi connectivity index (χ4n) is 2.23. The maximum atomic E-state index is 12.4. The molecule has 3 N–H and O–H groups in total. The molecule has 0 saturated carbocycles. The van der Waals surface area contributed by atoms with Crippen LogP contribution in [-0.4, -0.2) is 29.7 Å². The number of hydrogen-bond donors (Lipinski definition) is 3. The van der Waals surface area contributed by atoms with Crippen molar-refractivity contribution in [2.75, 3.05) is 18.9 Å². The van der Waals surface area contributed by atoms with Gasteiger partial charge in [-0.15, -0.1) is 0 Å². The van der Waals surface area contributed by atoms with Crippen molar-refractivity contribution in [3.63, 3.8) is 0 Å². The Bertz CT molecular complexity index is 591. The van der Waals surface area contributed by atoms with E-state index in [0.29, 0.717) is 11.4 Å². The van der Waals surface area contributed by atoms with E-state index in [1.165, 1.54) is 0 Å². The maximum Gasteiger partial charge on any atom is 0.257 e. The molecule has 0 unspecified atom stereocenters. The highest BCUT2D eigenvalue weighted by molar-refractivity contribution is 6.04. The Kier molecular flexibility index (Phi) is 5.51. The average Bonchev–Trinajstić information content (AvgIpc) is 2.93. The number of carbonyl (C=O) groups excluding carboxylic acids is 1. The van der Waals surface area contributed by atoms with E-state index in [-0.39, 0.29) is 5.91 Å². The number of hydrogen-bond acceptors (Lipinski definition) is 3. The minimum atomic E-state index is -0.115. The molecule has 1 heterocycles. The molecule has 2 aromatic rings. The Labute approximate surface area is 125 Å². The molecule has 0 radical (unpaired) electrons. The molecule has 0 atom stereocenters. The SMILES string of the molecule is CCCc1cc(NC(=O)c2ccccc2CCNC)n[nH]1. The van der Waals surface area contributed by atoms with Crippen LogP contribution in [0.4, 0.5) is 5.82 Å². The predicted octanol–water partition coefficient (Wildman–Crippen LogP) is 2.38. The summed E-state index contributed by atoms with van der Waals surface area (Å²) in [5, 5.41) is 13.0. The van der Waals surface area contributed by atoms with Crippen LogP contribution in [0.5, 0.6) is 0 Å². The first-order chi connectivity index (χ1) is 10.2. The van der Waals surface area contributed by atoms with E-state index in [0.717, 1.165) is 37.1 Å². The number of aromatic nitrogens is 2. The van der Waals surface area contributed by atoms with Gasteiger partial charge in [0.1, 0.15) is 0 Å². The fraction of sp³-hybridized carbons (Fsp3) is 0.375. The van der Waals surface area contributed by atoms with Crippen molar-refractivity contribution in [1.29, 1.82) is 0 Å². The Morgan fingerprint density at radius 1 is 1.29 bits per heavy atom. The molecule has 0 spiro atoms. The summed E-state index contributed by atoms with van der Waals surface area (Å²) in [4.78, 5) is 12.4. The molecule has 0 aliphatic carbocycles. The van der Waals surface area contributed by atoms with Crippen LogP contribution in [0.2, 0.25) is 0 Å². The number of nitrogens with zero attached hydrogens (tertiary/aromatic N) is 1. The second kappa shape index (κ2) is 7.59. The molecular weight excluding hydrogens is 264 g/mol. The molecule has 5 nitrogen and oxygen atoms in total. The highest BCUT2D eigenvalue weighted by Crippen LogP contribution is 2.13. The highest BCUT2D eigenvalue weighted by atomic mass is 16.1. The Morgan fingerprint density at radius 2 is 2.10 bits per heavy atom. The number of likely N-dealkylation sites (N-methyl/N-ethyl adjacent to an activating group) is 1. The van der Waals surface area contributed by atoms with Crippen molar-refractivity contribution in [3.8, 4) is 0 Å². The topological polar surface area (TPSA) is 69.8 Å². The van der Waals surface area contributed by atoms with Crippen molar-refractivity contribution in [2.24, 2.45) is 0 Å². The van der Waals surface area contributed by atoms with Crippen molar-refractivity contribution < 1.29 is 4.79 Å². The predicted molar refractivity (Wildman–Crippen MR) is 84.6 cm³/mol. The highest BCUT2D eigenvalue weighted by Gasteiger charge is 2.12. The first-order valence-electron chi connectivity index (χ1n) is 7.32. The first kappa shape index (κ1) is 15.3. The van der Waals surface area contributed by atoms with Gasteiger partial charge in [-0.25, -0.2) is 0 Å². The molecule has 112 valence electrons. The van der Waals surface area contributed by atoms with E-state index in [4.69, 9.17) is 0 Å². The molecule has 5 heteroatoms. The standard InChI is InChI=1S/C16H22N4O/c1-3-6-13-11-15(20-19-13)18-16(21)14-8-5-4-7-12(14)9-10-17-2/h4-5,7-8,11,17H,3,6,9-10H2,1-2H3,(H2,18,19,20,21). The zero-order chi connectivity index (χ0) is 15.1. The third-order valence-electron chi connectivity index (χ3n) is 3.30. The van der Waals surface area contributed by atoms with Gasteiger partial charge in [0.15, 0.2) is 5.82 Å². The van der Waals surface area contributed by atoms with Gasteiger partial charge < -0.3 is 10.6 Å². The molecule has 1 amide bonds. The van der Waals surface area contributed by atoms with Gasteiger partial charge in [-0.3, -0.25) is 9.89 Å². The Morgan fingerprint density at radius 3 is 2.86 bits per heavy atom. The summed E-state index contributed by atoms with van der Waals surface area (Å²) < 4.78 is 0. The molecule has 21 heavy (non-hydrogen) atoms. The minimum Gasteiger partial charge on any atom is -0.319 e. The number of anilines is 1. The lowest BCUT2D eigenvalue weighted by Crippen LogP contribution is -2.17. The molecule has 0 bridgehead atoms. The molecule has 1 aromatic heterocycles. The lowest BCUT2D eigenvalue weighted by molar-refractivity contribution is 0.102. The molecule has 1 aromatic carbocycles. The summed E-state index contributed by atoms with van der Waals surface area (Å²) in [6.45, 7) is 2.95. The summed E-state index contributed by atoms with van der Waals surface area (Å²) >= 11 is 0. The quantitative estimate of drug-likeness (QED) is 0.732. The number of aryl methyl sites for hydroxylation is 1. The fourth-order valence-corrected chi connectivity index (χ4v) is 2.23. The molecule has 2 rings (SSSR count). The molecule has 0 aliphatic rings. The molecule has 0 fully saturated rings. The lowest BCUT2D eigenvalue weighted by atomic mass is 10.0. The van der Waals surface area contributed by atoms with Crippen LogP contribution < -0.4 is 10.6 Å². The molecular formula is C16H22N4O. The second-order valence-electron chi connectivity index (χ2n) is 4.99. The number of aromatic amines is 1. The van der Waals surface area contributed by atoms with Gasteiger partial charge in [-0.1, -0.05) is 31.5 Å². The van der Waals surface area contributed by atoms with Crippen molar-refractivity contribution in [3.05, 3.63) is 47.2 Å². The number of carbonyl (C=O) groups is 1. The summed E-state index contributed by atoms with van der Waals surface area (Å²) in [7, 11) is 1.90. The third-order valence-corrected chi connectivity index (χ3v) is 3.30. The van der Waals surface area contributed by atoms with E-state index in [2.05, 4.69) is 27.8 Å². The van der Waals surface area contributed by atoms with Gasteiger partial charge >= 0.3 is 0 Å². The van der Waals surface area contributed by atoms with Gasteiger partial charge in [0, 0.05) is 17.3 Å². The van der Waals surface area contributed by atoms with Gasteiger partial charge in [-0.05, 0) is 38.1 Å². The lowest BCUT2D eigenvalue weighted by Gasteiger charge is -2.08. The summed E-state index contributed by atoms with van der Waals surface area (Å²) in [5.41, 5.74) is 2.78. The maximum absolute atomic E-state index is 12.4. The Balaban J connectivity index is 2.08. The van der Waals surface area contributed by atoms with Crippen molar-refractivity contribution >= 4 is 11.7 Å². The van der Waals surface area contributed by atoms with E-state index in [1.807, 2.05) is 37.4 Å². The zero-order valence-electron chi connectivity index (χ0n) is 12.6. The molecule has 0 aliphatic heterocycles. The van der Waals surface area contributed by atoms with Gasteiger partial charge in [-0.2, -0.15) is 5.10 Å². The minimum absolute atomic E-state index is 0.115. The number of nitrogens with one attached hydrogen (secondary N) is 3. The summed E-state index contributed by atoms with van der Waals surface area (Å²) in [6.07, 6.45) is 2.80. The van der Waals surface area contributed by atoms with Crippen LogP contribution in [0.1, 0.15) is 35.0 Å². The average molecular weight is 286 g/mol. The van der Waals surface area contributed by atoms with Gasteiger partial charge in [0.25, 0.3) is 5.91 Å². The van der Waals surface area contributed by atoms with Gasteiger partial charge in [0.05, 0.1) is 0 Å². The molecule has 0 saturated heterocycles. The second-order valence-corrected chi connectivity index (χ2v) is 4.99. The van der Waals surface area contributed by atoms with E-state index < -0.39 is 0 Å². The number of benzene rings is 1. The number of rotatable bonds is 7. The summed E-state index contributed by atoms with van der Waals surface area (Å²) in [6, 6.07) is 9.55. The van der Waals surface area contributed by atoms with E-state index >= 15 is 0 Å². The largest absolute Gasteiger partial charge is 0.319 e. The monoisotopic (exact) mass is 286 g/mol. The van der Waals surface area contributed by atoms with E-state index in [1.54, 1.807) is 0 Å². The smallest absolute Gasteiger partial charge is 0.257 e. The van der Waals surface area contributed by atoms with Crippen LogP contribution >= 0.6 is 0 Å². The van der Waals surface area contributed by atoms with Crippen molar-refractivity contribution in [1.82, 2.24) is 15.5 Å². The van der Waals surface area contributed by atoms with Crippen LogP contribution in [0.15, 0.2) is 30.3 Å². The van der Waals surface area contributed by atoms with Crippen LogP contribution in [0.3, 0.4) is 0 Å². The number of H-pyrrole nitrogens is 1. The van der Waals surface area contributed by atoms with Gasteiger partial charge in [0.2, 0.25) is 0 Å². The third kappa shape index (κ3) is 4.16. The Hall–Kier alpha value is -2.14. The zero-order valence-corrected chi connectivity index (χ0v) is 12.6. The van der Waals surface area contributed by atoms with E-state index in [9.17, 15) is 4.79 Å². The normalized spacial score (nSPS) is 10.6. The van der Waals surface area contributed by atoms with Crippen LogP contribution in [0, 0.1) is 0 Å². The van der Waals surface area contributed by atoms with Crippen LogP contribution in [0.25, 0.3) is 0 Å². The number of amides is 1. The summed E-state index contributed by atoms with van der Waals surface area (Å²) in [5.74, 6) is 0.461.